The van der Waals surface area contributed by atoms with Gasteiger partial charge in [0.1, 0.15) is 5.75 Å². The summed E-state index contributed by atoms with van der Waals surface area (Å²) < 4.78 is 5.09. The molecule has 2 N–H and O–H groups in total. The van der Waals surface area contributed by atoms with Gasteiger partial charge in [-0.15, -0.1) is 0 Å². The van der Waals surface area contributed by atoms with E-state index in [9.17, 15) is 19.5 Å². The lowest BCUT2D eigenvalue weighted by Gasteiger charge is -2.17. The molecule has 2 unspecified atom stereocenters. The molecule has 2 aliphatic heterocycles. The van der Waals surface area contributed by atoms with Crippen LogP contribution < -0.4 is 10.1 Å². The molecular formula is C18H20N2O5S2. The zero-order chi connectivity index (χ0) is 19.4. The zero-order valence-electron chi connectivity index (χ0n) is 14.7. The molecule has 0 aromatic heterocycles. The molecule has 0 aliphatic carbocycles. The third-order valence-corrected chi connectivity index (χ3v) is 6.33. The molecule has 2 atom stereocenters. The first kappa shape index (κ1) is 19.8. The Kier molecular flexibility index (Phi) is 6.46. The molecule has 2 aliphatic rings. The Morgan fingerprint density at radius 1 is 1.33 bits per heavy atom. The van der Waals surface area contributed by atoms with E-state index in [1.54, 1.807) is 49.2 Å². The lowest BCUT2D eigenvalue weighted by molar-refractivity contribution is -0.124. The van der Waals surface area contributed by atoms with Crippen LogP contribution in [0.25, 0.3) is 6.08 Å². The quantitative estimate of drug-likeness (QED) is 0.692. The second-order valence-corrected chi connectivity index (χ2v) is 8.20. The highest BCUT2D eigenvalue weighted by Gasteiger charge is 2.35. The first-order valence-corrected chi connectivity index (χ1v) is 10.4. The summed E-state index contributed by atoms with van der Waals surface area (Å²) in [6.07, 6.45) is 1.11. The van der Waals surface area contributed by atoms with Crippen LogP contribution in [0.5, 0.6) is 5.75 Å². The number of carbonyl (C=O) groups is 3. The van der Waals surface area contributed by atoms with E-state index in [1.165, 1.54) is 0 Å². The Bertz CT molecular complexity index is 766. The van der Waals surface area contributed by atoms with Crippen molar-refractivity contribution in [3.05, 3.63) is 34.7 Å². The largest absolute Gasteiger partial charge is 0.497 e. The first-order valence-electron chi connectivity index (χ1n) is 8.42. The first-order chi connectivity index (χ1) is 13.0. The Balaban J connectivity index is 1.57. The van der Waals surface area contributed by atoms with Crippen LogP contribution in [-0.2, 0) is 9.59 Å². The Morgan fingerprint density at radius 2 is 2.07 bits per heavy atom. The molecule has 3 amide bonds. The number of nitrogens with zero attached hydrogens (tertiary/aromatic N) is 1. The lowest BCUT2D eigenvalue weighted by Crippen LogP contribution is -2.43. The van der Waals surface area contributed by atoms with Gasteiger partial charge in [0, 0.05) is 24.5 Å². The number of imide groups is 1. The number of thioether (sulfide) groups is 2. The average Bonchev–Trinajstić information content (AvgIpc) is 3.17. The van der Waals surface area contributed by atoms with Crippen LogP contribution in [0.2, 0.25) is 0 Å². The van der Waals surface area contributed by atoms with E-state index >= 15 is 0 Å². The molecule has 2 saturated heterocycles. The lowest BCUT2D eigenvalue weighted by atomic mass is 10.2. The van der Waals surface area contributed by atoms with Gasteiger partial charge in [0.25, 0.3) is 11.1 Å². The summed E-state index contributed by atoms with van der Waals surface area (Å²) >= 11 is 2.44. The number of methoxy groups -OCH3 is 1. The van der Waals surface area contributed by atoms with Gasteiger partial charge in [-0.1, -0.05) is 12.1 Å². The molecule has 0 radical (unpaired) electrons. The molecule has 144 valence electrons. The predicted molar refractivity (Wildman–Crippen MR) is 106 cm³/mol. The van der Waals surface area contributed by atoms with Crippen LogP contribution in [0.1, 0.15) is 12.0 Å². The summed E-state index contributed by atoms with van der Waals surface area (Å²) in [6, 6.07) is 6.87. The van der Waals surface area contributed by atoms with Gasteiger partial charge < -0.3 is 15.2 Å². The topological polar surface area (TPSA) is 95.9 Å². The maximum atomic E-state index is 12.5. The van der Waals surface area contributed by atoms with Crippen LogP contribution >= 0.6 is 23.5 Å². The van der Waals surface area contributed by atoms with Crippen molar-refractivity contribution in [2.75, 3.05) is 25.2 Å². The van der Waals surface area contributed by atoms with Crippen LogP contribution in [0.4, 0.5) is 4.79 Å². The number of hydrogen-bond acceptors (Lipinski definition) is 7. The van der Waals surface area contributed by atoms with Gasteiger partial charge in [0.15, 0.2) is 0 Å². The molecule has 3 rings (SSSR count). The second kappa shape index (κ2) is 8.81. The fourth-order valence-corrected chi connectivity index (χ4v) is 4.75. The van der Waals surface area contributed by atoms with Crippen LogP contribution in [0, 0.1) is 0 Å². The van der Waals surface area contributed by atoms with Gasteiger partial charge in [-0.2, -0.15) is 11.8 Å². The molecule has 1 aromatic carbocycles. The fraction of sp³-hybridized carbons (Fsp3) is 0.389. The van der Waals surface area contributed by atoms with E-state index < -0.39 is 12.0 Å². The summed E-state index contributed by atoms with van der Waals surface area (Å²) in [6.45, 7) is 0.0202. The van der Waals surface area contributed by atoms with E-state index in [2.05, 4.69) is 5.32 Å². The molecule has 1 aromatic rings. The van der Waals surface area contributed by atoms with Crippen molar-refractivity contribution in [2.24, 2.45) is 0 Å². The maximum Gasteiger partial charge on any atom is 0.293 e. The van der Waals surface area contributed by atoms with Crippen molar-refractivity contribution < 1.29 is 24.2 Å². The number of ether oxygens (including phenoxy) is 1. The van der Waals surface area contributed by atoms with E-state index in [1.807, 2.05) is 0 Å². The normalized spacial score (nSPS) is 23.9. The van der Waals surface area contributed by atoms with Crippen LogP contribution in [-0.4, -0.2) is 64.4 Å². The minimum absolute atomic E-state index is 0.0156. The van der Waals surface area contributed by atoms with Crippen molar-refractivity contribution >= 4 is 46.7 Å². The molecule has 7 nitrogen and oxygen atoms in total. The summed E-state index contributed by atoms with van der Waals surface area (Å²) in [5.41, 5.74) is 0.784. The Hall–Kier alpha value is -1.97. The van der Waals surface area contributed by atoms with Gasteiger partial charge in [-0.3, -0.25) is 19.3 Å². The third-order valence-electron chi connectivity index (χ3n) is 4.25. The Morgan fingerprint density at radius 3 is 2.70 bits per heavy atom. The second-order valence-electron chi connectivity index (χ2n) is 6.14. The molecule has 0 saturated carbocycles. The fourth-order valence-electron chi connectivity index (χ4n) is 2.72. The van der Waals surface area contributed by atoms with Crippen molar-refractivity contribution in [2.45, 2.75) is 18.6 Å². The van der Waals surface area contributed by atoms with E-state index in [0.29, 0.717) is 22.2 Å². The summed E-state index contributed by atoms with van der Waals surface area (Å²) in [7, 11) is 1.57. The molecule has 27 heavy (non-hydrogen) atoms. The van der Waals surface area contributed by atoms with Crippen LogP contribution in [0.3, 0.4) is 0 Å². The number of benzene rings is 1. The summed E-state index contributed by atoms with van der Waals surface area (Å²) in [5.74, 6) is 1.30. The summed E-state index contributed by atoms with van der Waals surface area (Å²) in [5, 5.41) is 12.1. The molecule has 2 heterocycles. The standard InChI is InChI=1S/C18H20N2O5S2/c1-25-12-4-2-11(3-5-12)8-15-17(23)20(18(24)27-15)7-6-16(22)19-13-9-26-10-14(13)21/h2-5,8,13-14,21H,6-7,9-10H2,1H3,(H,19,22). The van der Waals surface area contributed by atoms with E-state index in [4.69, 9.17) is 4.74 Å². The van der Waals surface area contributed by atoms with Crippen molar-refractivity contribution in [3.63, 3.8) is 0 Å². The number of nitrogens with one attached hydrogen (secondary N) is 1. The number of carbonyl (C=O) groups excluding carboxylic acids is 3. The minimum Gasteiger partial charge on any atom is -0.497 e. The van der Waals surface area contributed by atoms with Crippen molar-refractivity contribution in [3.8, 4) is 5.75 Å². The minimum atomic E-state index is -0.552. The van der Waals surface area contributed by atoms with Gasteiger partial charge in [-0.25, -0.2) is 0 Å². The summed E-state index contributed by atoms with van der Waals surface area (Å²) in [4.78, 5) is 38.0. The van der Waals surface area contributed by atoms with Crippen LogP contribution in [0.15, 0.2) is 29.2 Å². The number of hydrogen-bond donors (Lipinski definition) is 2. The highest BCUT2D eigenvalue weighted by molar-refractivity contribution is 8.18. The zero-order valence-corrected chi connectivity index (χ0v) is 16.3. The van der Waals surface area contributed by atoms with Crippen molar-refractivity contribution in [1.29, 1.82) is 0 Å². The highest BCUT2D eigenvalue weighted by Crippen LogP contribution is 2.32. The maximum absolute atomic E-state index is 12.5. The molecule has 2 fully saturated rings. The SMILES string of the molecule is COc1ccc(C=C2SC(=O)N(CCC(=O)NC3CSCC3O)C2=O)cc1. The number of aliphatic hydroxyl groups is 1. The number of amides is 3. The highest BCUT2D eigenvalue weighted by atomic mass is 32.2. The monoisotopic (exact) mass is 408 g/mol. The van der Waals surface area contributed by atoms with Gasteiger partial charge >= 0.3 is 0 Å². The number of rotatable bonds is 6. The van der Waals surface area contributed by atoms with Gasteiger partial charge in [0.05, 0.1) is 24.2 Å². The third kappa shape index (κ3) is 4.85. The molecule has 0 bridgehead atoms. The molecule has 9 heteroatoms. The van der Waals surface area contributed by atoms with E-state index in [-0.39, 0.29) is 30.2 Å². The van der Waals surface area contributed by atoms with Gasteiger partial charge in [-0.05, 0) is 35.5 Å². The van der Waals surface area contributed by atoms with Crippen molar-refractivity contribution in [1.82, 2.24) is 10.2 Å². The van der Waals surface area contributed by atoms with Gasteiger partial charge in [0.2, 0.25) is 5.91 Å². The Labute approximate surface area is 165 Å². The molecule has 0 spiro atoms. The van der Waals surface area contributed by atoms with E-state index in [0.717, 1.165) is 22.2 Å². The predicted octanol–water partition coefficient (Wildman–Crippen LogP) is 1.71. The molecular weight excluding hydrogens is 388 g/mol. The smallest absolute Gasteiger partial charge is 0.293 e. The number of aliphatic hydroxyl groups excluding tert-OH is 1. The average molecular weight is 409 g/mol.